The second-order valence-electron chi connectivity index (χ2n) is 6.59. The zero-order chi connectivity index (χ0) is 16.2. The van der Waals surface area contributed by atoms with E-state index in [0.29, 0.717) is 0 Å². The average Bonchev–Trinajstić information content (AvgIpc) is 2.82. The van der Waals surface area contributed by atoms with Crippen molar-refractivity contribution in [2.75, 3.05) is 14.2 Å². The van der Waals surface area contributed by atoms with Crippen LogP contribution in [-0.4, -0.2) is 14.2 Å². The molecule has 0 radical (unpaired) electrons. The van der Waals surface area contributed by atoms with Gasteiger partial charge >= 0.3 is 0 Å². The van der Waals surface area contributed by atoms with Crippen molar-refractivity contribution in [1.82, 2.24) is 0 Å². The smallest absolute Gasteiger partial charge is 0.161 e. The predicted octanol–water partition coefficient (Wildman–Crippen LogP) is 5.16. The van der Waals surface area contributed by atoms with E-state index in [9.17, 15) is 0 Å². The molecule has 0 aromatic heterocycles. The Labute approximate surface area is 136 Å². The zero-order valence-corrected chi connectivity index (χ0v) is 13.9. The fraction of sp³-hybridized carbons (Fsp3) is 0.238. The molecule has 1 aliphatic rings. The molecule has 0 spiro atoms. The highest BCUT2D eigenvalue weighted by atomic mass is 16.5. The van der Waals surface area contributed by atoms with Gasteiger partial charge in [0.2, 0.25) is 0 Å². The van der Waals surface area contributed by atoms with Gasteiger partial charge in [0.25, 0.3) is 0 Å². The molecule has 3 aromatic rings. The maximum atomic E-state index is 5.52. The minimum absolute atomic E-state index is 0.0211. The summed E-state index contributed by atoms with van der Waals surface area (Å²) in [6.45, 7) is 4.59. The summed E-state index contributed by atoms with van der Waals surface area (Å²) in [6, 6.07) is 17.3. The van der Waals surface area contributed by atoms with Gasteiger partial charge < -0.3 is 9.47 Å². The number of hydrogen-bond donors (Lipinski definition) is 0. The average molecular weight is 304 g/mol. The highest BCUT2D eigenvalue weighted by Crippen LogP contribution is 2.52. The Morgan fingerprint density at radius 3 is 2.22 bits per heavy atom. The predicted molar refractivity (Wildman–Crippen MR) is 94.6 cm³/mol. The Morgan fingerprint density at radius 1 is 0.783 bits per heavy atom. The van der Waals surface area contributed by atoms with Crippen LogP contribution in [0.3, 0.4) is 0 Å². The number of hydrogen-bond acceptors (Lipinski definition) is 2. The summed E-state index contributed by atoms with van der Waals surface area (Å²) < 4.78 is 11.0. The van der Waals surface area contributed by atoms with Crippen molar-refractivity contribution in [3.05, 3.63) is 59.7 Å². The topological polar surface area (TPSA) is 18.5 Å². The van der Waals surface area contributed by atoms with Crippen molar-refractivity contribution in [3.8, 4) is 22.6 Å². The number of methoxy groups -OCH3 is 2. The van der Waals surface area contributed by atoms with Gasteiger partial charge in [-0.1, -0.05) is 50.2 Å². The van der Waals surface area contributed by atoms with Gasteiger partial charge in [-0.05, 0) is 45.2 Å². The second kappa shape index (κ2) is 4.76. The molecule has 0 saturated heterocycles. The van der Waals surface area contributed by atoms with Gasteiger partial charge in [0.05, 0.1) is 14.2 Å². The van der Waals surface area contributed by atoms with Gasteiger partial charge in [-0.2, -0.15) is 0 Å². The maximum absolute atomic E-state index is 5.52. The molecule has 1 aliphatic carbocycles. The van der Waals surface area contributed by atoms with E-state index in [2.05, 4.69) is 62.4 Å². The highest BCUT2D eigenvalue weighted by Gasteiger charge is 2.36. The number of fused-ring (bicyclic) bond motifs is 5. The SMILES string of the molecule is COc1cc2ccc3c(c2cc1OC)-c1ccccc1C3(C)C. The molecule has 0 fully saturated rings. The molecular formula is C21H20O2. The van der Waals surface area contributed by atoms with E-state index < -0.39 is 0 Å². The van der Waals surface area contributed by atoms with Crippen molar-refractivity contribution in [2.45, 2.75) is 19.3 Å². The minimum Gasteiger partial charge on any atom is -0.493 e. The molecule has 0 N–H and O–H groups in total. The standard InChI is InChI=1S/C21H20O2/c1-21(2)16-8-6-5-7-14(16)20-15-12-19(23-4)18(22-3)11-13(15)9-10-17(20)21/h5-12H,1-4H3. The third kappa shape index (κ3) is 1.81. The van der Waals surface area contributed by atoms with E-state index >= 15 is 0 Å². The number of rotatable bonds is 2. The van der Waals surface area contributed by atoms with Crippen LogP contribution in [0.25, 0.3) is 21.9 Å². The quantitative estimate of drug-likeness (QED) is 0.651. The monoisotopic (exact) mass is 304 g/mol. The fourth-order valence-electron chi connectivity index (χ4n) is 3.85. The second-order valence-corrected chi connectivity index (χ2v) is 6.59. The molecule has 0 amide bonds. The Hall–Kier alpha value is -2.48. The molecule has 23 heavy (non-hydrogen) atoms. The Morgan fingerprint density at radius 2 is 1.48 bits per heavy atom. The Kier molecular flexibility index (Phi) is 2.92. The van der Waals surface area contributed by atoms with Gasteiger partial charge in [0.1, 0.15) is 0 Å². The van der Waals surface area contributed by atoms with Crippen LogP contribution in [0.15, 0.2) is 48.5 Å². The van der Waals surface area contributed by atoms with Crippen LogP contribution < -0.4 is 9.47 Å². The molecule has 0 saturated carbocycles. The molecule has 2 nitrogen and oxygen atoms in total. The van der Waals surface area contributed by atoms with Gasteiger partial charge in [-0.3, -0.25) is 0 Å². The fourth-order valence-corrected chi connectivity index (χ4v) is 3.85. The summed E-state index contributed by atoms with van der Waals surface area (Å²) in [4.78, 5) is 0. The van der Waals surface area contributed by atoms with Crippen LogP contribution >= 0.6 is 0 Å². The van der Waals surface area contributed by atoms with Crippen LogP contribution in [0.2, 0.25) is 0 Å². The summed E-state index contributed by atoms with van der Waals surface area (Å²) in [6.07, 6.45) is 0. The molecular weight excluding hydrogens is 284 g/mol. The molecule has 0 atom stereocenters. The first-order valence-corrected chi connectivity index (χ1v) is 7.87. The van der Waals surface area contributed by atoms with Gasteiger partial charge in [0, 0.05) is 5.41 Å². The molecule has 0 unspecified atom stereocenters. The first kappa shape index (κ1) is 14.1. The minimum atomic E-state index is 0.0211. The van der Waals surface area contributed by atoms with Gasteiger partial charge in [-0.15, -0.1) is 0 Å². The van der Waals surface area contributed by atoms with E-state index in [-0.39, 0.29) is 5.41 Å². The van der Waals surface area contributed by atoms with E-state index in [4.69, 9.17) is 9.47 Å². The molecule has 0 aliphatic heterocycles. The number of benzene rings is 3. The van der Waals surface area contributed by atoms with Crippen molar-refractivity contribution < 1.29 is 9.47 Å². The molecule has 2 heteroatoms. The molecule has 4 rings (SSSR count). The van der Waals surface area contributed by atoms with E-state index in [1.807, 2.05) is 0 Å². The van der Waals surface area contributed by atoms with Crippen molar-refractivity contribution >= 4 is 10.8 Å². The summed E-state index contributed by atoms with van der Waals surface area (Å²) in [5.74, 6) is 1.54. The summed E-state index contributed by atoms with van der Waals surface area (Å²) >= 11 is 0. The van der Waals surface area contributed by atoms with Gasteiger partial charge in [-0.25, -0.2) is 0 Å². The van der Waals surface area contributed by atoms with Crippen molar-refractivity contribution in [1.29, 1.82) is 0 Å². The van der Waals surface area contributed by atoms with Crippen LogP contribution in [0, 0.1) is 0 Å². The third-order valence-electron chi connectivity index (χ3n) is 5.07. The lowest BCUT2D eigenvalue weighted by Gasteiger charge is -2.21. The molecule has 0 bridgehead atoms. The van der Waals surface area contributed by atoms with Crippen LogP contribution in [0.4, 0.5) is 0 Å². The maximum Gasteiger partial charge on any atom is 0.161 e. The van der Waals surface area contributed by atoms with Crippen LogP contribution in [0.1, 0.15) is 25.0 Å². The number of ether oxygens (including phenoxy) is 2. The third-order valence-corrected chi connectivity index (χ3v) is 5.07. The summed E-state index contributed by atoms with van der Waals surface area (Å²) in [5, 5.41) is 2.40. The normalized spacial score (nSPS) is 14.4. The Balaban J connectivity index is 2.13. The van der Waals surface area contributed by atoms with Crippen molar-refractivity contribution in [3.63, 3.8) is 0 Å². The molecule has 3 aromatic carbocycles. The first-order valence-electron chi connectivity index (χ1n) is 7.87. The van der Waals surface area contributed by atoms with E-state index in [0.717, 1.165) is 11.5 Å². The largest absolute Gasteiger partial charge is 0.493 e. The molecule has 0 heterocycles. The lowest BCUT2D eigenvalue weighted by atomic mass is 9.82. The highest BCUT2D eigenvalue weighted by molar-refractivity contribution is 6.03. The van der Waals surface area contributed by atoms with E-state index in [1.54, 1.807) is 14.2 Å². The van der Waals surface area contributed by atoms with Gasteiger partial charge in [0.15, 0.2) is 11.5 Å². The summed E-state index contributed by atoms with van der Waals surface area (Å²) in [7, 11) is 3.36. The lowest BCUT2D eigenvalue weighted by molar-refractivity contribution is 0.356. The van der Waals surface area contributed by atoms with Crippen LogP contribution in [0.5, 0.6) is 11.5 Å². The molecule has 116 valence electrons. The van der Waals surface area contributed by atoms with Crippen molar-refractivity contribution in [2.24, 2.45) is 0 Å². The Bertz CT molecular complexity index is 923. The summed E-state index contributed by atoms with van der Waals surface area (Å²) in [5.41, 5.74) is 5.43. The lowest BCUT2D eigenvalue weighted by Crippen LogP contribution is -2.14. The van der Waals surface area contributed by atoms with Crippen LogP contribution in [-0.2, 0) is 5.41 Å². The zero-order valence-electron chi connectivity index (χ0n) is 13.9. The van der Waals surface area contributed by atoms with E-state index in [1.165, 1.54) is 33.0 Å². The first-order chi connectivity index (χ1) is 11.1.